The van der Waals surface area contributed by atoms with Crippen molar-refractivity contribution in [1.29, 1.82) is 0 Å². The van der Waals surface area contributed by atoms with Crippen LogP contribution in [0, 0.1) is 0 Å². The Morgan fingerprint density at radius 3 is 2.36 bits per heavy atom. The van der Waals surface area contributed by atoms with Crippen LogP contribution >= 0.6 is 0 Å². The SMILES string of the molecule is C=C(C)N1CCC(c2ccc3[nH]c(-c4ccc(OC)c(OC)c4)c(CC(F)(F)F)c3c2)CC1. The molecular formula is C26H29F3N2O2. The molecule has 0 spiro atoms. The summed E-state index contributed by atoms with van der Waals surface area (Å²) in [5.41, 5.74) is 4.18. The van der Waals surface area contributed by atoms with Gasteiger partial charge in [0, 0.05) is 35.3 Å². The van der Waals surface area contributed by atoms with Crippen molar-refractivity contribution in [2.45, 2.75) is 38.3 Å². The number of hydrogen-bond acceptors (Lipinski definition) is 3. The average Bonchev–Trinajstić information content (AvgIpc) is 3.14. The van der Waals surface area contributed by atoms with Gasteiger partial charge in [-0.15, -0.1) is 0 Å². The molecule has 0 radical (unpaired) electrons. The summed E-state index contributed by atoms with van der Waals surface area (Å²) in [6, 6.07) is 11.0. The second-order valence-electron chi connectivity index (χ2n) is 8.64. The Hall–Kier alpha value is -3.09. The van der Waals surface area contributed by atoms with Crippen molar-refractivity contribution in [3.8, 4) is 22.8 Å². The molecule has 0 atom stereocenters. The smallest absolute Gasteiger partial charge is 0.393 e. The topological polar surface area (TPSA) is 37.5 Å². The molecule has 4 nitrogen and oxygen atoms in total. The lowest BCUT2D eigenvalue weighted by molar-refractivity contribution is -0.126. The van der Waals surface area contributed by atoms with E-state index < -0.39 is 12.6 Å². The summed E-state index contributed by atoms with van der Waals surface area (Å²) in [5, 5.41) is 0.622. The zero-order chi connectivity index (χ0) is 23.8. The number of nitrogens with zero attached hydrogens (tertiary/aromatic N) is 1. The largest absolute Gasteiger partial charge is 0.493 e. The van der Waals surface area contributed by atoms with Crippen molar-refractivity contribution in [1.82, 2.24) is 9.88 Å². The van der Waals surface area contributed by atoms with E-state index in [-0.39, 0.29) is 5.56 Å². The molecule has 4 rings (SSSR count). The van der Waals surface area contributed by atoms with Crippen LogP contribution in [-0.4, -0.2) is 43.4 Å². The Kier molecular flexibility index (Phi) is 6.32. The molecule has 0 saturated carbocycles. The minimum absolute atomic E-state index is 0.256. The van der Waals surface area contributed by atoms with Crippen LogP contribution < -0.4 is 9.47 Å². The molecule has 1 aromatic heterocycles. The van der Waals surface area contributed by atoms with E-state index in [1.165, 1.54) is 14.2 Å². The summed E-state index contributed by atoms with van der Waals surface area (Å²) in [6.45, 7) is 7.85. The minimum atomic E-state index is -4.33. The van der Waals surface area contributed by atoms with E-state index in [9.17, 15) is 13.2 Å². The zero-order valence-corrected chi connectivity index (χ0v) is 19.2. The van der Waals surface area contributed by atoms with Gasteiger partial charge in [0.1, 0.15) is 0 Å². The first kappa shape index (κ1) is 23.1. The van der Waals surface area contributed by atoms with Crippen LogP contribution in [-0.2, 0) is 6.42 Å². The molecule has 0 aliphatic carbocycles. The lowest BCUT2D eigenvalue weighted by Gasteiger charge is -2.34. The molecule has 33 heavy (non-hydrogen) atoms. The minimum Gasteiger partial charge on any atom is -0.493 e. The van der Waals surface area contributed by atoms with Gasteiger partial charge >= 0.3 is 6.18 Å². The number of H-pyrrole nitrogens is 1. The molecule has 0 bridgehead atoms. The van der Waals surface area contributed by atoms with Crippen molar-refractivity contribution < 1.29 is 22.6 Å². The number of nitrogens with one attached hydrogen (secondary N) is 1. The molecule has 1 saturated heterocycles. The number of rotatable bonds is 6. The predicted molar refractivity (Wildman–Crippen MR) is 125 cm³/mol. The van der Waals surface area contributed by atoms with Crippen LogP contribution in [0.2, 0.25) is 0 Å². The number of aromatic nitrogens is 1. The highest BCUT2D eigenvalue weighted by atomic mass is 19.4. The van der Waals surface area contributed by atoms with Gasteiger partial charge in [0.25, 0.3) is 0 Å². The summed E-state index contributed by atoms with van der Waals surface area (Å²) in [4.78, 5) is 5.49. The van der Waals surface area contributed by atoms with E-state index in [1.54, 1.807) is 18.2 Å². The first-order valence-electron chi connectivity index (χ1n) is 11.0. The molecule has 1 N–H and O–H groups in total. The van der Waals surface area contributed by atoms with Gasteiger partial charge in [-0.1, -0.05) is 12.6 Å². The summed E-state index contributed by atoms with van der Waals surface area (Å²) in [6.07, 6.45) is -3.42. The highest BCUT2D eigenvalue weighted by Crippen LogP contribution is 2.40. The van der Waals surface area contributed by atoms with Crippen LogP contribution in [0.1, 0.15) is 36.8 Å². The van der Waals surface area contributed by atoms with Crippen molar-refractivity contribution in [3.05, 3.63) is 59.8 Å². The molecule has 3 aromatic rings. The van der Waals surface area contributed by atoms with E-state index >= 15 is 0 Å². The maximum atomic E-state index is 13.6. The number of piperidine rings is 1. The van der Waals surface area contributed by atoms with E-state index in [0.29, 0.717) is 39.6 Å². The fraction of sp³-hybridized carbons (Fsp3) is 0.385. The monoisotopic (exact) mass is 458 g/mol. The van der Waals surface area contributed by atoms with Crippen LogP contribution in [0.3, 0.4) is 0 Å². The quantitative estimate of drug-likeness (QED) is 0.448. The molecule has 1 aliphatic rings. The summed E-state index contributed by atoms with van der Waals surface area (Å²) in [7, 11) is 3.03. The number of allylic oxidation sites excluding steroid dienone is 1. The van der Waals surface area contributed by atoms with Crippen molar-refractivity contribution >= 4 is 10.9 Å². The average molecular weight is 459 g/mol. The lowest BCUT2D eigenvalue weighted by Crippen LogP contribution is -2.31. The number of aromatic amines is 1. The zero-order valence-electron chi connectivity index (χ0n) is 19.2. The standard InChI is InChI=1S/C26H29F3N2O2/c1-16(2)31-11-9-17(10-12-31)18-5-7-22-20(13-18)21(15-26(27,28)29)25(30-22)19-6-8-23(32-3)24(14-19)33-4/h5-8,13-14,17,30H,1,9-12,15H2,2-4H3. The van der Waals surface area contributed by atoms with Gasteiger partial charge in [-0.2, -0.15) is 13.2 Å². The fourth-order valence-corrected chi connectivity index (χ4v) is 4.74. The molecule has 2 heterocycles. The number of fused-ring (bicyclic) bond motifs is 1. The molecule has 1 aliphatic heterocycles. The second kappa shape index (κ2) is 9.04. The van der Waals surface area contributed by atoms with Gasteiger partial charge in [-0.25, -0.2) is 0 Å². The molecule has 0 unspecified atom stereocenters. The number of halogens is 3. The first-order chi connectivity index (χ1) is 15.7. The molecule has 176 valence electrons. The van der Waals surface area contributed by atoms with Crippen LogP contribution in [0.25, 0.3) is 22.2 Å². The summed E-state index contributed by atoms with van der Waals surface area (Å²) < 4.78 is 51.5. The normalized spacial score (nSPS) is 15.2. The van der Waals surface area contributed by atoms with Gasteiger partial charge in [0.05, 0.1) is 26.3 Å². The van der Waals surface area contributed by atoms with Gasteiger partial charge < -0.3 is 19.4 Å². The van der Waals surface area contributed by atoms with E-state index in [4.69, 9.17) is 9.47 Å². The highest BCUT2D eigenvalue weighted by molar-refractivity contribution is 5.91. The summed E-state index contributed by atoms with van der Waals surface area (Å²) >= 11 is 0. The lowest BCUT2D eigenvalue weighted by atomic mass is 9.88. The third-order valence-electron chi connectivity index (χ3n) is 6.49. The van der Waals surface area contributed by atoms with Crippen molar-refractivity contribution in [2.75, 3.05) is 27.3 Å². The number of benzene rings is 2. The number of methoxy groups -OCH3 is 2. The van der Waals surface area contributed by atoms with E-state index in [2.05, 4.69) is 16.5 Å². The number of ether oxygens (including phenoxy) is 2. The first-order valence-corrected chi connectivity index (χ1v) is 11.0. The number of hydrogen-bond donors (Lipinski definition) is 1. The van der Waals surface area contributed by atoms with Crippen molar-refractivity contribution in [2.24, 2.45) is 0 Å². The molecular weight excluding hydrogens is 429 g/mol. The Labute approximate surface area is 192 Å². The van der Waals surface area contributed by atoms with E-state index in [1.807, 2.05) is 25.1 Å². The summed E-state index contributed by atoms with van der Waals surface area (Å²) in [5.74, 6) is 1.32. The Bertz CT molecular complexity index is 1160. The predicted octanol–water partition coefficient (Wildman–Crippen LogP) is 6.67. The molecule has 7 heteroatoms. The molecule has 0 amide bonds. The Balaban J connectivity index is 1.77. The van der Waals surface area contributed by atoms with Crippen molar-refractivity contribution in [3.63, 3.8) is 0 Å². The second-order valence-corrected chi connectivity index (χ2v) is 8.64. The van der Waals surface area contributed by atoms with Gasteiger partial charge in [-0.05, 0) is 67.1 Å². The third-order valence-corrected chi connectivity index (χ3v) is 6.49. The third kappa shape index (κ3) is 4.82. The van der Waals surface area contributed by atoms with Crippen LogP contribution in [0.5, 0.6) is 11.5 Å². The van der Waals surface area contributed by atoms with Gasteiger partial charge in [-0.3, -0.25) is 0 Å². The van der Waals surface area contributed by atoms with E-state index in [0.717, 1.165) is 37.2 Å². The Morgan fingerprint density at radius 2 is 1.76 bits per heavy atom. The fourth-order valence-electron chi connectivity index (χ4n) is 4.74. The van der Waals surface area contributed by atoms with Gasteiger partial charge in [0.15, 0.2) is 11.5 Å². The maximum Gasteiger partial charge on any atom is 0.393 e. The maximum absolute atomic E-state index is 13.6. The van der Waals surface area contributed by atoms with Gasteiger partial charge in [0.2, 0.25) is 0 Å². The molecule has 2 aromatic carbocycles. The Morgan fingerprint density at radius 1 is 1.06 bits per heavy atom. The highest BCUT2D eigenvalue weighted by Gasteiger charge is 2.32. The molecule has 1 fully saturated rings. The van der Waals surface area contributed by atoms with Crippen LogP contribution in [0.15, 0.2) is 48.7 Å². The number of alkyl halides is 3. The van der Waals surface area contributed by atoms with Crippen LogP contribution in [0.4, 0.5) is 13.2 Å². The number of likely N-dealkylation sites (tertiary alicyclic amines) is 1.